The summed E-state index contributed by atoms with van der Waals surface area (Å²) in [6.45, 7) is 3.96. The first-order valence-electron chi connectivity index (χ1n) is 10.3. The highest BCUT2D eigenvalue weighted by Crippen LogP contribution is 2.41. The second-order valence-corrected chi connectivity index (χ2v) is 8.08. The average molecular weight is 395 g/mol. The quantitative estimate of drug-likeness (QED) is 0.856. The number of halogens is 1. The van der Waals surface area contributed by atoms with E-state index in [1.165, 1.54) is 11.0 Å². The van der Waals surface area contributed by atoms with Crippen molar-refractivity contribution in [2.75, 3.05) is 11.9 Å². The van der Waals surface area contributed by atoms with Crippen LogP contribution in [0.1, 0.15) is 55.8 Å². The number of anilines is 1. The van der Waals surface area contributed by atoms with Crippen molar-refractivity contribution in [3.05, 3.63) is 47.0 Å². The van der Waals surface area contributed by atoms with E-state index >= 15 is 4.39 Å². The van der Waals surface area contributed by atoms with Gasteiger partial charge in [0.15, 0.2) is 0 Å². The number of hydrogen-bond donors (Lipinski definition) is 1. The lowest BCUT2D eigenvalue weighted by Crippen LogP contribution is -2.35. The van der Waals surface area contributed by atoms with Gasteiger partial charge < -0.3 is 10.2 Å². The molecule has 0 saturated heterocycles. The number of carbonyl (C=O) groups excluding carboxylic acids is 2. The molecule has 2 aromatic rings. The third kappa shape index (κ3) is 3.41. The molecule has 5 nitrogen and oxygen atoms in total. The van der Waals surface area contributed by atoms with Crippen LogP contribution in [0.4, 0.5) is 10.1 Å². The van der Waals surface area contributed by atoms with E-state index in [9.17, 15) is 9.59 Å². The molecule has 1 aliphatic heterocycles. The van der Waals surface area contributed by atoms with E-state index in [1.54, 1.807) is 19.4 Å². The van der Waals surface area contributed by atoms with Gasteiger partial charge in [0.2, 0.25) is 11.8 Å². The van der Waals surface area contributed by atoms with Gasteiger partial charge in [-0.05, 0) is 54.0 Å². The largest absolute Gasteiger partial charge is 0.349 e. The lowest BCUT2D eigenvalue weighted by molar-refractivity contribution is -0.122. The van der Waals surface area contributed by atoms with Crippen LogP contribution in [0.15, 0.2) is 24.5 Å². The van der Waals surface area contributed by atoms with Gasteiger partial charge in [0, 0.05) is 49.1 Å². The molecule has 29 heavy (non-hydrogen) atoms. The fourth-order valence-corrected chi connectivity index (χ4v) is 4.49. The maximum atomic E-state index is 15.1. The number of nitrogens with zero attached hydrogens (tertiary/aromatic N) is 2. The third-order valence-corrected chi connectivity index (χ3v) is 6.28. The third-order valence-electron chi connectivity index (χ3n) is 6.28. The van der Waals surface area contributed by atoms with Crippen LogP contribution < -0.4 is 10.2 Å². The molecule has 0 saturated carbocycles. The van der Waals surface area contributed by atoms with Crippen LogP contribution in [-0.2, 0) is 22.4 Å². The van der Waals surface area contributed by atoms with Crippen molar-refractivity contribution in [1.82, 2.24) is 10.3 Å². The van der Waals surface area contributed by atoms with Crippen molar-refractivity contribution in [1.29, 1.82) is 0 Å². The lowest BCUT2D eigenvalue weighted by atomic mass is 9.78. The Bertz CT molecular complexity index is 988. The molecule has 0 spiro atoms. The Hall–Kier alpha value is -2.76. The zero-order chi connectivity index (χ0) is 20.7. The second-order valence-electron chi connectivity index (χ2n) is 8.08. The topological polar surface area (TPSA) is 62.3 Å². The molecule has 152 valence electrons. The Morgan fingerprint density at radius 1 is 1.24 bits per heavy atom. The van der Waals surface area contributed by atoms with Gasteiger partial charge in [0.25, 0.3) is 0 Å². The van der Waals surface area contributed by atoms with E-state index in [4.69, 9.17) is 0 Å². The smallest absolute Gasteiger partial charge is 0.227 e. The molecule has 0 fully saturated rings. The summed E-state index contributed by atoms with van der Waals surface area (Å²) >= 11 is 0. The van der Waals surface area contributed by atoms with Crippen molar-refractivity contribution < 1.29 is 14.0 Å². The summed E-state index contributed by atoms with van der Waals surface area (Å²) in [4.78, 5) is 29.9. The number of pyridine rings is 1. The summed E-state index contributed by atoms with van der Waals surface area (Å²) in [5.41, 5.74) is 4.95. The first-order chi connectivity index (χ1) is 13.9. The molecule has 0 bridgehead atoms. The zero-order valence-electron chi connectivity index (χ0n) is 17.1. The number of amides is 2. The van der Waals surface area contributed by atoms with Gasteiger partial charge in [-0.25, -0.2) is 4.39 Å². The Morgan fingerprint density at radius 2 is 2.03 bits per heavy atom. The van der Waals surface area contributed by atoms with Crippen LogP contribution in [0.5, 0.6) is 0 Å². The molecule has 6 heteroatoms. The minimum atomic E-state index is -0.353. The van der Waals surface area contributed by atoms with Crippen LogP contribution in [0.3, 0.4) is 0 Å². The molecule has 2 amide bonds. The van der Waals surface area contributed by atoms with Crippen LogP contribution in [0.25, 0.3) is 11.1 Å². The highest BCUT2D eigenvalue weighted by atomic mass is 19.1. The van der Waals surface area contributed by atoms with Crippen molar-refractivity contribution in [3.63, 3.8) is 0 Å². The highest BCUT2D eigenvalue weighted by Gasteiger charge is 2.31. The summed E-state index contributed by atoms with van der Waals surface area (Å²) in [6, 6.07) is 3.22. The summed E-state index contributed by atoms with van der Waals surface area (Å²) in [5, 5.41) is 3.11. The van der Waals surface area contributed by atoms with Gasteiger partial charge in [0.05, 0.1) is 6.04 Å². The van der Waals surface area contributed by atoms with E-state index in [-0.39, 0.29) is 23.7 Å². The van der Waals surface area contributed by atoms with Crippen LogP contribution in [0.2, 0.25) is 0 Å². The predicted octanol–water partition coefficient (Wildman–Crippen LogP) is 3.95. The summed E-state index contributed by atoms with van der Waals surface area (Å²) < 4.78 is 15.1. The molecular weight excluding hydrogens is 369 g/mol. The van der Waals surface area contributed by atoms with Gasteiger partial charge in [-0.2, -0.15) is 0 Å². The second kappa shape index (κ2) is 7.58. The number of aryl methyl sites for hydroxylation is 1. The van der Waals surface area contributed by atoms with Crippen LogP contribution >= 0.6 is 0 Å². The van der Waals surface area contributed by atoms with Gasteiger partial charge in [-0.15, -0.1) is 0 Å². The zero-order valence-corrected chi connectivity index (χ0v) is 17.1. The molecule has 1 N–H and O–H groups in total. The standard InChI is InChI=1S/C23H26FN3O2/c1-4-21(28)26-23-13(2)5-7-15-17(11-25-12-18(15)23)16-9-14-6-8-22(29)27(3)20(14)10-19(16)24/h9-13,23H,4-8H2,1-3H3,(H,26,28)/t13-,23-/m0/s1. The SMILES string of the molecule is CCC(=O)N[C@@H]1c2cncc(-c3cc4c(cc3F)N(C)C(=O)CC4)c2CC[C@@H]1C. The Kier molecular flexibility index (Phi) is 5.11. The fourth-order valence-electron chi connectivity index (χ4n) is 4.49. The van der Waals surface area contributed by atoms with E-state index in [1.807, 2.05) is 13.0 Å². The molecular formula is C23H26FN3O2. The summed E-state index contributed by atoms with van der Waals surface area (Å²) in [6.07, 6.45) is 6.73. The minimum absolute atomic E-state index is 0.00639. The summed E-state index contributed by atoms with van der Waals surface area (Å²) in [5.74, 6) is -0.0453. The number of fused-ring (bicyclic) bond motifs is 2. The molecule has 1 aromatic heterocycles. The lowest BCUT2D eigenvalue weighted by Gasteiger charge is -2.33. The number of carbonyl (C=O) groups is 2. The predicted molar refractivity (Wildman–Crippen MR) is 110 cm³/mol. The number of hydrogen-bond acceptors (Lipinski definition) is 3. The highest BCUT2D eigenvalue weighted by molar-refractivity contribution is 5.96. The number of rotatable bonds is 3. The maximum Gasteiger partial charge on any atom is 0.227 e. The Labute approximate surface area is 170 Å². The minimum Gasteiger partial charge on any atom is -0.349 e. The van der Waals surface area contributed by atoms with Gasteiger partial charge in [-0.1, -0.05) is 13.8 Å². The molecule has 1 aromatic carbocycles. The molecule has 2 aliphatic rings. The Morgan fingerprint density at radius 3 is 2.79 bits per heavy atom. The van der Waals surface area contributed by atoms with Crippen molar-refractivity contribution in [3.8, 4) is 11.1 Å². The van der Waals surface area contributed by atoms with Gasteiger partial charge in [-0.3, -0.25) is 14.6 Å². The average Bonchev–Trinajstić information content (AvgIpc) is 2.72. The monoisotopic (exact) mass is 395 g/mol. The normalized spacial score (nSPS) is 20.8. The van der Waals surface area contributed by atoms with Crippen molar-refractivity contribution in [2.45, 2.75) is 52.0 Å². The Balaban J connectivity index is 1.80. The van der Waals surface area contributed by atoms with E-state index in [2.05, 4.69) is 17.2 Å². The van der Waals surface area contributed by atoms with E-state index < -0.39 is 0 Å². The van der Waals surface area contributed by atoms with E-state index in [0.717, 1.165) is 35.1 Å². The van der Waals surface area contributed by atoms with Crippen molar-refractivity contribution >= 4 is 17.5 Å². The number of benzene rings is 1. The van der Waals surface area contributed by atoms with E-state index in [0.29, 0.717) is 36.4 Å². The molecule has 2 atom stereocenters. The molecule has 2 heterocycles. The van der Waals surface area contributed by atoms with Crippen LogP contribution in [-0.4, -0.2) is 23.8 Å². The first-order valence-corrected chi connectivity index (χ1v) is 10.3. The molecule has 4 rings (SSSR count). The van der Waals surface area contributed by atoms with Gasteiger partial charge in [0.1, 0.15) is 5.82 Å². The number of nitrogens with one attached hydrogen (secondary N) is 1. The van der Waals surface area contributed by atoms with Gasteiger partial charge >= 0.3 is 0 Å². The molecule has 0 unspecified atom stereocenters. The fraction of sp³-hybridized carbons (Fsp3) is 0.435. The van der Waals surface area contributed by atoms with Crippen molar-refractivity contribution in [2.24, 2.45) is 5.92 Å². The molecule has 1 aliphatic carbocycles. The maximum absolute atomic E-state index is 15.1. The number of aromatic nitrogens is 1. The first kappa shape index (κ1) is 19.6. The van der Waals surface area contributed by atoms with Crippen LogP contribution in [0, 0.1) is 11.7 Å². The summed E-state index contributed by atoms with van der Waals surface area (Å²) in [7, 11) is 1.69. The molecule has 0 radical (unpaired) electrons.